The Bertz CT molecular complexity index is 1760. The minimum absolute atomic E-state index is 0.00666. The zero-order chi connectivity index (χ0) is 38.0. The largest absolute Gasteiger partial charge is 0.496 e. The Morgan fingerprint density at radius 1 is 0.925 bits per heavy atom. The van der Waals surface area contributed by atoms with Gasteiger partial charge in [-0.15, -0.1) is 0 Å². The van der Waals surface area contributed by atoms with E-state index in [2.05, 4.69) is 31.0 Å². The number of nitrogens with zero attached hydrogens (tertiary/aromatic N) is 4. The molecule has 11 nitrogen and oxygen atoms in total. The molecule has 4 bridgehead atoms. The summed E-state index contributed by atoms with van der Waals surface area (Å²) in [5.74, 6) is 0.435. The molecule has 1 aromatic heterocycles. The lowest BCUT2D eigenvalue weighted by Crippen LogP contribution is -2.70. The normalized spacial score (nSPS) is 23.0. The first-order chi connectivity index (χ1) is 25.4. The lowest BCUT2D eigenvalue weighted by atomic mass is 9.48. The Morgan fingerprint density at radius 3 is 2.09 bits per heavy atom. The number of ether oxygens (including phenoxy) is 2. The molecule has 0 atom stereocenters. The molecule has 4 aliphatic rings. The van der Waals surface area contributed by atoms with E-state index in [4.69, 9.17) is 14.6 Å². The van der Waals surface area contributed by atoms with Crippen molar-refractivity contribution in [3.63, 3.8) is 0 Å². The third-order valence-corrected chi connectivity index (χ3v) is 12.0. The van der Waals surface area contributed by atoms with Gasteiger partial charge in [0.15, 0.2) is 5.69 Å². The van der Waals surface area contributed by atoms with Crippen LogP contribution in [-0.4, -0.2) is 96.0 Å². The lowest BCUT2D eigenvalue weighted by molar-refractivity contribution is -0.163. The fourth-order valence-electron chi connectivity index (χ4n) is 9.51. The van der Waals surface area contributed by atoms with Crippen LogP contribution in [-0.2, 0) is 4.79 Å². The van der Waals surface area contributed by atoms with Crippen molar-refractivity contribution >= 4 is 17.8 Å². The number of nitrogens with one attached hydrogen (secondary N) is 1. The molecule has 0 radical (unpaired) electrons. The number of aromatic nitrogens is 2. The monoisotopic (exact) mass is 727 g/mol. The summed E-state index contributed by atoms with van der Waals surface area (Å²) in [5, 5.41) is 18.8. The van der Waals surface area contributed by atoms with Crippen LogP contribution >= 0.6 is 0 Å². The number of methoxy groups -OCH3 is 2. The van der Waals surface area contributed by atoms with Crippen LogP contribution in [0.3, 0.4) is 0 Å². The van der Waals surface area contributed by atoms with Crippen molar-refractivity contribution in [1.29, 1.82) is 0 Å². The average molecular weight is 728 g/mol. The number of carbonyl (C=O) groups excluding carboxylic acids is 2. The predicted molar refractivity (Wildman–Crippen MR) is 205 cm³/mol. The van der Waals surface area contributed by atoms with Crippen LogP contribution in [0.1, 0.15) is 104 Å². The SMILES string of the molecule is CCCCN(CCCN(C)C)C(=O)c1ccc(-n2nc(C(=O)NC3(C(=O)O)C4CC5CC(C4)CC3C5)cc2-c2c(OC)cccc2OC)c(C(C)C)c1. The van der Waals surface area contributed by atoms with E-state index in [1.54, 1.807) is 25.0 Å². The maximum atomic E-state index is 14.4. The van der Waals surface area contributed by atoms with E-state index in [1.165, 1.54) is 6.42 Å². The van der Waals surface area contributed by atoms with Gasteiger partial charge in [-0.05, 0) is 137 Å². The number of amides is 2. The van der Waals surface area contributed by atoms with Gasteiger partial charge >= 0.3 is 5.97 Å². The summed E-state index contributed by atoms with van der Waals surface area (Å²) in [4.78, 5) is 45.6. The van der Waals surface area contributed by atoms with Crippen LogP contribution in [0.2, 0.25) is 0 Å². The second-order valence-corrected chi connectivity index (χ2v) is 16.0. The number of rotatable bonds is 16. The van der Waals surface area contributed by atoms with Crippen LogP contribution in [0, 0.1) is 23.7 Å². The summed E-state index contributed by atoms with van der Waals surface area (Å²) in [6.07, 6.45) is 7.27. The number of benzene rings is 2. The van der Waals surface area contributed by atoms with Gasteiger partial charge in [-0.25, -0.2) is 9.48 Å². The van der Waals surface area contributed by atoms with Crippen molar-refractivity contribution in [1.82, 2.24) is 24.9 Å². The van der Waals surface area contributed by atoms with Gasteiger partial charge in [0, 0.05) is 18.7 Å². The molecule has 4 fully saturated rings. The molecule has 11 heteroatoms. The summed E-state index contributed by atoms with van der Waals surface area (Å²) in [6, 6.07) is 12.9. The molecule has 53 heavy (non-hydrogen) atoms. The second-order valence-electron chi connectivity index (χ2n) is 16.0. The molecule has 0 aliphatic heterocycles. The van der Waals surface area contributed by atoms with Crippen molar-refractivity contribution in [2.24, 2.45) is 23.7 Å². The van der Waals surface area contributed by atoms with Crippen LogP contribution < -0.4 is 14.8 Å². The molecule has 2 amide bonds. The van der Waals surface area contributed by atoms with Gasteiger partial charge in [-0.3, -0.25) is 9.59 Å². The highest BCUT2D eigenvalue weighted by molar-refractivity contribution is 5.98. The first-order valence-corrected chi connectivity index (χ1v) is 19.4. The highest BCUT2D eigenvalue weighted by Gasteiger charge is 2.62. The third-order valence-electron chi connectivity index (χ3n) is 12.0. The van der Waals surface area contributed by atoms with Crippen molar-refractivity contribution < 1.29 is 29.0 Å². The summed E-state index contributed by atoms with van der Waals surface area (Å²) < 4.78 is 13.4. The van der Waals surface area contributed by atoms with E-state index in [0.717, 1.165) is 57.1 Å². The first-order valence-electron chi connectivity index (χ1n) is 19.4. The van der Waals surface area contributed by atoms with Gasteiger partial charge in [0.05, 0.1) is 31.2 Å². The number of carboxylic acid groups (broad SMARTS) is 1. The van der Waals surface area contributed by atoms with Crippen molar-refractivity contribution in [3.8, 4) is 28.4 Å². The summed E-state index contributed by atoms with van der Waals surface area (Å²) in [6.45, 7) is 8.53. The zero-order valence-electron chi connectivity index (χ0n) is 32.5. The van der Waals surface area contributed by atoms with Crippen LogP contribution in [0.25, 0.3) is 16.9 Å². The maximum Gasteiger partial charge on any atom is 0.330 e. The number of unbranched alkanes of at least 4 members (excludes halogenated alkanes) is 1. The molecule has 7 rings (SSSR count). The lowest BCUT2D eigenvalue weighted by Gasteiger charge is -2.59. The highest BCUT2D eigenvalue weighted by atomic mass is 16.5. The van der Waals surface area contributed by atoms with Crippen molar-refractivity contribution in [3.05, 3.63) is 59.3 Å². The van der Waals surface area contributed by atoms with E-state index in [9.17, 15) is 19.5 Å². The topological polar surface area (TPSA) is 126 Å². The molecular formula is C42H57N5O6. The molecule has 0 spiro atoms. The van der Waals surface area contributed by atoms with E-state index in [-0.39, 0.29) is 29.4 Å². The smallest absolute Gasteiger partial charge is 0.330 e. The number of carboxylic acids is 1. The highest BCUT2D eigenvalue weighted by Crippen LogP contribution is 2.58. The van der Waals surface area contributed by atoms with E-state index in [0.29, 0.717) is 58.9 Å². The molecule has 2 aromatic carbocycles. The Labute approximate surface area is 314 Å². The minimum atomic E-state index is -1.32. The van der Waals surface area contributed by atoms with Crippen molar-refractivity contribution in [2.75, 3.05) is 47.9 Å². The Balaban J connectivity index is 1.43. The van der Waals surface area contributed by atoms with Crippen LogP contribution in [0.5, 0.6) is 11.5 Å². The number of aliphatic carboxylic acids is 1. The molecule has 1 heterocycles. The summed E-state index contributed by atoms with van der Waals surface area (Å²) in [5.41, 5.74) is 2.12. The predicted octanol–water partition coefficient (Wildman–Crippen LogP) is 6.88. The fraction of sp³-hybridized carbons (Fsp3) is 0.571. The number of hydrogen-bond donors (Lipinski definition) is 2. The van der Waals surface area contributed by atoms with E-state index in [1.807, 2.05) is 55.4 Å². The molecule has 286 valence electrons. The number of hydrogen-bond acceptors (Lipinski definition) is 7. The fourth-order valence-corrected chi connectivity index (χ4v) is 9.51. The molecule has 0 unspecified atom stereocenters. The summed E-state index contributed by atoms with van der Waals surface area (Å²) in [7, 11) is 7.24. The Morgan fingerprint density at radius 2 is 1.55 bits per heavy atom. The average Bonchev–Trinajstić information content (AvgIpc) is 3.58. The van der Waals surface area contributed by atoms with Crippen molar-refractivity contribution in [2.45, 2.75) is 83.6 Å². The van der Waals surface area contributed by atoms with Gasteiger partial charge in [-0.2, -0.15) is 5.10 Å². The van der Waals surface area contributed by atoms with E-state index >= 15 is 0 Å². The molecule has 3 aromatic rings. The van der Waals surface area contributed by atoms with Gasteiger partial charge in [0.25, 0.3) is 11.8 Å². The standard InChI is InChI=1S/C42H57N5O6/c1-8-9-17-46(18-11-16-45(4)5)40(49)29-14-15-34(32(24-29)26(2)3)47-35(38-36(52-6)12-10-13-37(38)53-7)25-33(44-47)39(48)43-42(41(50)51)30-20-27-19-28(22-30)23-31(42)21-27/h10,12-15,24-28,30-31H,8-9,11,16-23H2,1-7H3,(H,43,48)(H,50,51). The molecule has 4 saturated carbocycles. The Kier molecular flexibility index (Phi) is 11.5. The molecule has 4 aliphatic carbocycles. The maximum absolute atomic E-state index is 14.4. The summed E-state index contributed by atoms with van der Waals surface area (Å²) >= 11 is 0. The minimum Gasteiger partial charge on any atom is -0.496 e. The van der Waals surface area contributed by atoms with Crippen LogP contribution in [0.15, 0.2) is 42.5 Å². The van der Waals surface area contributed by atoms with Gasteiger partial charge in [0.1, 0.15) is 17.0 Å². The van der Waals surface area contributed by atoms with Gasteiger partial charge in [0.2, 0.25) is 0 Å². The van der Waals surface area contributed by atoms with E-state index < -0.39 is 17.4 Å². The molecular weight excluding hydrogens is 670 g/mol. The van der Waals surface area contributed by atoms with Gasteiger partial charge < -0.3 is 29.7 Å². The van der Waals surface area contributed by atoms with Crippen LogP contribution in [0.4, 0.5) is 0 Å². The van der Waals surface area contributed by atoms with Gasteiger partial charge in [-0.1, -0.05) is 33.3 Å². The zero-order valence-corrected chi connectivity index (χ0v) is 32.5. The molecule has 2 N–H and O–H groups in total. The molecule has 0 saturated heterocycles. The quantitative estimate of drug-likeness (QED) is 0.164. The second kappa shape index (κ2) is 15.9. The number of carbonyl (C=O) groups is 3. The first kappa shape index (κ1) is 38.3. The Hall–Kier alpha value is -4.38. The third kappa shape index (κ3) is 7.41.